The lowest BCUT2D eigenvalue weighted by Gasteiger charge is -2.25. The van der Waals surface area contributed by atoms with Gasteiger partial charge in [-0.2, -0.15) is 0 Å². The highest BCUT2D eigenvalue weighted by Crippen LogP contribution is 2.35. The van der Waals surface area contributed by atoms with E-state index in [0.717, 1.165) is 17.4 Å². The number of carbonyl (C=O) groups is 2. The zero-order chi connectivity index (χ0) is 22.0. The summed E-state index contributed by atoms with van der Waals surface area (Å²) in [5.41, 5.74) is 2.90. The van der Waals surface area contributed by atoms with Crippen LogP contribution in [-0.4, -0.2) is 31.4 Å². The Morgan fingerprint density at radius 1 is 0.903 bits per heavy atom. The molecule has 0 spiro atoms. The van der Waals surface area contributed by atoms with Gasteiger partial charge in [0.1, 0.15) is 6.04 Å². The van der Waals surface area contributed by atoms with Gasteiger partial charge in [-0.1, -0.05) is 60.7 Å². The van der Waals surface area contributed by atoms with Gasteiger partial charge in [-0.25, -0.2) is 8.42 Å². The SMILES string of the molecule is CS(=O)(=O)c1ccc(CN2C(=O)c3ccccc3C2C(=O)NCc2ccccc2)cc1. The molecular weight excluding hydrogens is 412 g/mol. The predicted octanol–water partition coefficient (Wildman–Crippen LogP) is 3.10. The molecule has 1 heterocycles. The molecule has 3 aromatic rings. The third-order valence-corrected chi connectivity index (χ3v) is 6.45. The molecule has 1 atom stereocenters. The van der Waals surface area contributed by atoms with Crippen LogP contribution in [0, 0.1) is 0 Å². The van der Waals surface area contributed by atoms with E-state index in [1.165, 1.54) is 17.0 Å². The van der Waals surface area contributed by atoms with Crippen LogP contribution >= 0.6 is 0 Å². The molecule has 0 bridgehead atoms. The van der Waals surface area contributed by atoms with Gasteiger partial charge in [0.15, 0.2) is 9.84 Å². The lowest BCUT2D eigenvalue weighted by atomic mass is 10.0. The third kappa shape index (κ3) is 4.36. The Balaban J connectivity index is 1.59. The van der Waals surface area contributed by atoms with Gasteiger partial charge in [0.25, 0.3) is 5.91 Å². The number of hydrogen-bond acceptors (Lipinski definition) is 4. The molecule has 31 heavy (non-hydrogen) atoms. The number of nitrogens with zero attached hydrogens (tertiary/aromatic N) is 1. The van der Waals surface area contributed by atoms with E-state index < -0.39 is 15.9 Å². The average Bonchev–Trinajstić information content (AvgIpc) is 3.04. The van der Waals surface area contributed by atoms with Gasteiger partial charge < -0.3 is 10.2 Å². The van der Waals surface area contributed by atoms with Crippen molar-refractivity contribution in [2.75, 3.05) is 6.26 Å². The van der Waals surface area contributed by atoms with Gasteiger partial charge in [0.2, 0.25) is 5.91 Å². The average molecular weight is 435 g/mol. The lowest BCUT2D eigenvalue weighted by Crippen LogP contribution is -2.38. The molecule has 1 aliphatic rings. The van der Waals surface area contributed by atoms with Gasteiger partial charge >= 0.3 is 0 Å². The van der Waals surface area contributed by atoms with Gasteiger partial charge in [-0.05, 0) is 34.9 Å². The van der Waals surface area contributed by atoms with Crippen LogP contribution in [0.2, 0.25) is 0 Å². The standard InChI is InChI=1S/C24H22N2O4S/c1-31(29,30)19-13-11-18(12-14-19)16-26-22(20-9-5-6-10-21(20)24(26)28)23(27)25-15-17-7-3-2-4-8-17/h2-14,22H,15-16H2,1H3,(H,25,27). The largest absolute Gasteiger partial charge is 0.350 e. The molecule has 0 saturated carbocycles. The van der Waals surface area contributed by atoms with Crippen molar-refractivity contribution < 1.29 is 18.0 Å². The Morgan fingerprint density at radius 3 is 2.23 bits per heavy atom. The Bertz CT molecular complexity index is 1220. The molecule has 0 saturated heterocycles. The third-order valence-electron chi connectivity index (χ3n) is 5.32. The fourth-order valence-electron chi connectivity index (χ4n) is 3.74. The summed E-state index contributed by atoms with van der Waals surface area (Å²) in [4.78, 5) is 27.9. The molecule has 1 aliphatic heterocycles. The minimum absolute atomic E-state index is 0.195. The number of sulfone groups is 1. The Kier molecular flexibility index (Phi) is 5.61. The maximum absolute atomic E-state index is 13.1. The van der Waals surface area contributed by atoms with Crippen molar-refractivity contribution in [2.24, 2.45) is 0 Å². The Morgan fingerprint density at radius 2 is 1.55 bits per heavy atom. The van der Waals surface area contributed by atoms with Crippen molar-refractivity contribution in [1.29, 1.82) is 0 Å². The maximum atomic E-state index is 13.1. The van der Waals surface area contributed by atoms with Crippen LogP contribution < -0.4 is 5.32 Å². The Hall–Kier alpha value is -3.45. The second-order valence-electron chi connectivity index (χ2n) is 7.54. The van der Waals surface area contributed by atoms with Crippen LogP contribution in [0.5, 0.6) is 0 Å². The molecule has 1 N–H and O–H groups in total. The summed E-state index contributed by atoms with van der Waals surface area (Å²) >= 11 is 0. The summed E-state index contributed by atoms with van der Waals surface area (Å²) < 4.78 is 23.4. The van der Waals surface area contributed by atoms with Crippen LogP contribution in [0.25, 0.3) is 0 Å². The van der Waals surface area contributed by atoms with Crippen LogP contribution in [0.15, 0.2) is 83.8 Å². The summed E-state index contributed by atoms with van der Waals surface area (Å²) in [6.45, 7) is 0.560. The summed E-state index contributed by atoms with van der Waals surface area (Å²) in [6.07, 6.45) is 1.15. The van der Waals surface area contributed by atoms with E-state index in [9.17, 15) is 18.0 Å². The van der Waals surface area contributed by atoms with Crippen molar-refractivity contribution in [3.8, 4) is 0 Å². The van der Waals surface area contributed by atoms with Crippen molar-refractivity contribution in [2.45, 2.75) is 24.0 Å². The molecule has 2 amide bonds. The molecule has 4 rings (SSSR count). The van der Waals surface area contributed by atoms with E-state index in [1.54, 1.807) is 30.3 Å². The molecule has 3 aromatic carbocycles. The maximum Gasteiger partial charge on any atom is 0.255 e. The lowest BCUT2D eigenvalue weighted by molar-refractivity contribution is -0.125. The predicted molar refractivity (Wildman–Crippen MR) is 117 cm³/mol. The second kappa shape index (κ2) is 8.35. The van der Waals surface area contributed by atoms with Crippen molar-refractivity contribution >= 4 is 21.7 Å². The van der Waals surface area contributed by atoms with E-state index in [0.29, 0.717) is 17.7 Å². The first-order valence-electron chi connectivity index (χ1n) is 9.85. The number of hydrogen-bond donors (Lipinski definition) is 1. The monoisotopic (exact) mass is 434 g/mol. The fraction of sp³-hybridized carbons (Fsp3) is 0.167. The first-order chi connectivity index (χ1) is 14.8. The summed E-state index contributed by atoms with van der Waals surface area (Å²) in [7, 11) is -3.30. The highest BCUT2D eigenvalue weighted by molar-refractivity contribution is 7.90. The Labute approximate surface area is 181 Å². The molecular formula is C24H22N2O4S. The number of nitrogens with one attached hydrogen (secondary N) is 1. The molecule has 158 valence electrons. The van der Waals surface area contributed by atoms with Gasteiger partial charge in [-0.15, -0.1) is 0 Å². The topological polar surface area (TPSA) is 83.6 Å². The van der Waals surface area contributed by atoms with E-state index in [-0.39, 0.29) is 23.3 Å². The van der Waals surface area contributed by atoms with Crippen molar-refractivity contribution in [3.05, 3.63) is 101 Å². The second-order valence-corrected chi connectivity index (χ2v) is 9.56. The highest BCUT2D eigenvalue weighted by atomic mass is 32.2. The molecule has 7 heteroatoms. The zero-order valence-electron chi connectivity index (χ0n) is 17.0. The fourth-order valence-corrected chi connectivity index (χ4v) is 4.37. The first kappa shape index (κ1) is 20.8. The molecule has 0 fully saturated rings. The minimum atomic E-state index is -3.30. The van der Waals surface area contributed by atoms with Crippen LogP contribution in [0.1, 0.15) is 33.1 Å². The summed E-state index contributed by atoms with van der Waals surface area (Å²) in [6, 6.07) is 22.3. The quantitative estimate of drug-likeness (QED) is 0.646. The van der Waals surface area contributed by atoms with Crippen LogP contribution in [0.3, 0.4) is 0 Å². The highest BCUT2D eigenvalue weighted by Gasteiger charge is 2.40. The van der Waals surface area contributed by atoms with E-state index >= 15 is 0 Å². The number of carbonyl (C=O) groups excluding carboxylic acids is 2. The summed E-state index contributed by atoms with van der Waals surface area (Å²) in [5.74, 6) is -0.474. The van der Waals surface area contributed by atoms with Gasteiger partial charge in [-0.3, -0.25) is 9.59 Å². The normalized spacial score (nSPS) is 15.6. The van der Waals surface area contributed by atoms with E-state index in [2.05, 4.69) is 5.32 Å². The molecule has 0 radical (unpaired) electrons. The van der Waals surface area contributed by atoms with E-state index in [4.69, 9.17) is 0 Å². The molecule has 6 nitrogen and oxygen atoms in total. The van der Waals surface area contributed by atoms with Crippen molar-refractivity contribution in [3.63, 3.8) is 0 Å². The van der Waals surface area contributed by atoms with Crippen LogP contribution in [0.4, 0.5) is 0 Å². The van der Waals surface area contributed by atoms with E-state index in [1.807, 2.05) is 36.4 Å². The van der Waals surface area contributed by atoms with Gasteiger partial charge in [0, 0.05) is 24.9 Å². The first-order valence-corrected chi connectivity index (χ1v) is 11.7. The molecule has 1 unspecified atom stereocenters. The number of benzene rings is 3. The number of rotatable bonds is 6. The van der Waals surface area contributed by atoms with Crippen molar-refractivity contribution in [1.82, 2.24) is 10.2 Å². The number of fused-ring (bicyclic) bond motifs is 1. The molecule has 0 aliphatic carbocycles. The smallest absolute Gasteiger partial charge is 0.255 e. The minimum Gasteiger partial charge on any atom is -0.350 e. The van der Waals surface area contributed by atoms with Gasteiger partial charge in [0.05, 0.1) is 4.90 Å². The van der Waals surface area contributed by atoms with Crippen LogP contribution in [-0.2, 0) is 27.7 Å². The zero-order valence-corrected chi connectivity index (χ0v) is 17.8. The summed E-state index contributed by atoms with van der Waals surface area (Å²) in [5, 5.41) is 2.93. The number of amides is 2. The molecule has 0 aromatic heterocycles.